The molecule has 2 aromatic rings. The van der Waals surface area contributed by atoms with Crippen LogP contribution in [0.4, 0.5) is 11.5 Å². The summed E-state index contributed by atoms with van der Waals surface area (Å²) in [6.45, 7) is 5.70. The first-order valence-electron chi connectivity index (χ1n) is 7.26. The van der Waals surface area contributed by atoms with E-state index >= 15 is 0 Å². The Morgan fingerprint density at radius 1 is 1.27 bits per heavy atom. The number of anilines is 2. The van der Waals surface area contributed by atoms with E-state index in [2.05, 4.69) is 32.3 Å². The van der Waals surface area contributed by atoms with E-state index in [0.29, 0.717) is 17.3 Å². The molecule has 1 fully saturated rings. The van der Waals surface area contributed by atoms with Gasteiger partial charge in [-0.25, -0.2) is 0 Å². The number of aryl methyl sites for hydroxylation is 1. The largest absolute Gasteiger partial charge is 0.369 e. The molecule has 1 saturated heterocycles. The monoisotopic (exact) mass is 301 g/mol. The summed E-state index contributed by atoms with van der Waals surface area (Å²) in [5, 5.41) is 6.43. The quantitative estimate of drug-likeness (QED) is 0.923. The highest BCUT2D eigenvalue weighted by Crippen LogP contribution is 2.17. The van der Waals surface area contributed by atoms with Gasteiger partial charge >= 0.3 is 0 Å². The van der Waals surface area contributed by atoms with Crippen molar-refractivity contribution < 1.29 is 9.32 Å². The molecule has 0 aromatic carbocycles. The maximum absolute atomic E-state index is 12.2. The van der Waals surface area contributed by atoms with Crippen LogP contribution in [0.1, 0.15) is 16.2 Å². The number of carbonyl (C=O) groups excluding carboxylic acids is 1. The number of hydrogen-bond donors (Lipinski definition) is 1. The lowest BCUT2D eigenvalue weighted by Crippen LogP contribution is -2.44. The fourth-order valence-corrected chi connectivity index (χ4v) is 2.41. The zero-order valence-electron chi connectivity index (χ0n) is 12.7. The molecule has 1 amide bonds. The summed E-state index contributed by atoms with van der Waals surface area (Å²) in [6.07, 6.45) is 1.66. The molecule has 3 rings (SSSR count). The van der Waals surface area contributed by atoms with Crippen molar-refractivity contribution in [1.82, 2.24) is 15.0 Å². The van der Waals surface area contributed by atoms with E-state index in [0.717, 1.165) is 31.9 Å². The zero-order chi connectivity index (χ0) is 15.5. The van der Waals surface area contributed by atoms with E-state index in [4.69, 9.17) is 4.52 Å². The van der Waals surface area contributed by atoms with Gasteiger partial charge in [-0.05, 0) is 26.1 Å². The van der Waals surface area contributed by atoms with Gasteiger partial charge in [0, 0.05) is 44.1 Å². The fourth-order valence-electron chi connectivity index (χ4n) is 2.41. The second-order valence-corrected chi connectivity index (χ2v) is 5.47. The van der Waals surface area contributed by atoms with Crippen LogP contribution in [-0.2, 0) is 0 Å². The Labute approximate surface area is 128 Å². The minimum Gasteiger partial charge on any atom is -0.369 e. The SMILES string of the molecule is Cc1cc(NC(=O)c2cc(N3CCN(C)CC3)ccn2)no1. The molecule has 1 N–H and O–H groups in total. The number of likely N-dealkylation sites (N-methyl/N-ethyl adjacent to an activating group) is 1. The lowest BCUT2D eigenvalue weighted by Gasteiger charge is -2.34. The Hall–Kier alpha value is -2.41. The first kappa shape index (κ1) is 14.5. The van der Waals surface area contributed by atoms with Gasteiger partial charge in [-0.1, -0.05) is 5.16 Å². The third-order valence-electron chi connectivity index (χ3n) is 3.71. The van der Waals surface area contributed by atoms with Gasteiger partial charge in [0.25, 0.3) is 5.91 Å². The van der Waals surface area contributed by atoms with E-state index < -0.39 is 0 Å². The minimum atomic E-state index is -0.288. The Morgan fingerprint density at radius 3 is 2.73 bits per heavy atom. The number of nitrogens with zero attached hydrogens (tertiary/aromatic N) is 4. The van der Waals surface area contributed by atoms with E-state index in [1.54, 1.807) is 19.2 Å². The summed E-state index contributed by atoms with van der Waals surface area (Å²) in [7, 11) is 2.11. The molecule has 7 heteroatoms. The number of nitrogens with one attached hydrogen (secondary N) is 1. The molecule has 7 nitrogen and oxygen atoms in total. The normalized spacial score (nSPS) is 15.8. The van der Waals surface area contributed by atoms with Crippen molar-refractivity contribution in [3.8, 4) is 0 Å². The van der Waals surface area contributed by atoms with Gasteiger partial charge in [-0.3, -0.25) is 9.78 Å². The van der Waals surface area contributed by atoms with Crippen LogP contribution in [0, 0.1) is 6.92 Å². The Kier molecular flexibility index (Phi) is 4.06. The van der Waals surface area contributed by atoms with Crippen LogP contribution < -0.4 is 10.2 Å². The zero-order valence-corrected chi connectivity index (χ0v) is 12.7. The second-order valence-electron chi connectivity index (χ2n) is 5.47. The molecule has 0 spiro atoms. The van der Waals surface area contributed by atoms with Crippen molar-refractivity contribution in [2.45, 2.75) is 6.92 Å². The number of aromatic nitrogens is 2. The molecule has 1 aliphatic rings. The van der Waals surface area contributed by atoms with Crippen LogP contribution in [0.3, 0.4) is 0 Å². The third kappa shape index (κ3) is 3.25. The molecular weight excluding hydrogens is 282 g/mol. The molecule has 0 unspecified atom stereocenters. The number of hydrogen-bond acceptors (Lipinski definition) is 6. The van der Waals surface area contributed by atoms with Crippen molar-refractivity contribution in [3.05, 3.63) is 35.9 Å². The van der Waals surface area contributed by atoms with Gasteiger partial charge in [-0.15, -0.1) is 0 Å². The molecular formula is C15H19N5O2. The van der Waals surface area contributed by atoms with Crippen LogP contribution >= 0.6 is 0 Å². The highest BCUT2D eigenvalue weighted by atomic mass is 16.5. The maximum Gasteiger partial charge on any atom is 0.275 e. The van der Waals surface area contributed by atoms with Crippen LogP contribution in [0.2, 0.25) is 0 Å². The molecule has 1 aliphatic heterocycles. The van der Waals surface area contributed by atoms with E-state index in [9.17, 15) is 4.79 Å². The lowest BCUT2D eigenvalue weighted by molar-refractivity contribution is 0.102. The predicted molar refractivity (Wildman–Crippen MR) is 83.1 cm³/mol. The number of carbonyl (C=O) groups is 1. The van der Waals surface area contributed by atoms with Crippen molar-refractivity contribution >= 4 is 17.4 Å². The van der Waals surface area contributed by atoms with Crippen molar-refractivity contribution in [1.29, 1.82) is 0 Å². The van der Waals surface area contributed by atoms with Crippen LogP contribution in [-0.4, -0.2) is 54.2 Å². The molecule has 2 aromatic heterocycles. The molecule has 116 valence electrons. The average Bonchev–Trinajstić information content (AvgIpc) is 2.93. The molecule has 3 heterocycles. The molecule has 0 aliphatic carbocycles. The minimum absolute atomic E-state index is 0.288. The smallest absolute Gasteiger partial charge is 0.275 e. The van der Waals surface area contributed by atoms with Gasteiger partial charge in [0.05, 0.1) is 0 Å². The first-order valence-corrected chi connectivity index (χ1v) is 7.26. The summed E-state index contributed by atoms with van der Waals surface area (Å²) in [5.74, 6) is 0.757. The predicted octanol–water partition coefficient (Wildman–Crippen LogP) is 1.38. The van der Waals surface area contributed by atoms with E-state index in [-0.39, 0.29) is 5.91 Å². The number of piperazine rings is 1. The Morgan fingerprint density at radius 2 is 2.05 bits per heavy atom. The van der Waals surface area contributed by atoms with Gasteiger partial charge in [0.15, 0.2) is 5.82 Å². The summed E-state index contributed by atoms with van der Waals surface area (Å²) in [5.41, 5.74) is 1.39. The maximum atomic E-state index is 12.2. The van der Waals surface area contributed by atoms with Crippen molar-refractivity contribution in [3.63, 3.8) is 0 Å². The van der Waals surface area contributed by atoms with Crippen LogP contribution in [0.5, 0.6) is 0 Å². The first-order chi connectivity index (χ1) is 10.6. The summed E-state index contributed by atoms with van der Waals surface area (Å²) < 4.78 is 4.93. The van der Waals surface area contributed by atoms with Gasteiger partial charge in [0.1, 0.15) is 11.5 Å². The molecule has 0 atom stereocenters. The molecule has 0 saturated carbocycles. The molecule has 0 bridgehead atoms. The number of rotatable bonds is 3. The van der Waals surface area contributed by atoms with Gasteiger partial charge in [0.2, 0.25) is 0 Å². The van der Waals surface area contributed by atoms with Gasteiger partial charge < -0.3 is 19.6 Å². The molecule has 22 heavy (non-hydrogen) atoms. The topological polar surface area (TPSA) is 74.5 Å². The Bertz CT molecular complexity index is 661. The summed E-state index contributed by atoms with van der Waals surface area (Å²) in [4.78, 5) is 20.9. The fraction of sp³-hybridized carbons (Fsp3) is 0.400. The van der Waals surface area contributed by atoms with Gasteiger partial charge in [-0.2, -0.15) is 0 Å². The highest BCUT2D eigenvalue weighted by Gasteiger charge is 2.16. The number of pyridine rings is 1. The second kappa shape index (κ2) is 6.15. The summed E-state index contributed by atoms with van der Waals surface area (Å²) >= 11 is 0. The van der Waals surface area contributed by atoms with Crippen LogP contribution in [0.15, 0.2) is 28.9 Å². The highest BCUT2D eigenvalue weighted by molar-refractivity contribution is 6.02. The number of amides is 1. The molecule has 0 radical (unpaired) electrons. The lowest BCUT2D eigenvalue weighted by atomic mass is 10.2. The average molecular weight is 301 g/mol. The van der Waals surface area contributed by atoms with Crippen molar-refractivity contribution in [2.75, 3.05) is 43.4 Å². The van der Waals surface area contributed by atoms with Crippen molar-refractivity contribution in [2.24, 2.45) is 0 Å². The summed E-state index contributed by atoms with van der Waals surface area (Å²) in [6, 6.07) is 5.41. The van der Waals surface area contributed by atoms with E-state index in [1.807, 2.05) is 12.1 Å². The van der Waals surface area contributed by atoms with Crippen LogP contribution in [0.25, 0.3) is 0 Å². The third-order valence-corrected chi connectivity index (χ3v) is 3.71. The Balaban J connectivity index is 1.71. The van der Waals surface area contributed by atoms with E-state index in [1.165, 1.54) is 0 Å². The standard InChI is InChI=1S/C15H19N5O2/c1-11-9-14(18-22-11)17-15(21)13-10-12(3-4-16-13)20-7-5-19(2)6-8-20/h3-4,9-10H,5-8H2,1-2H3,(H,17,18,21).